The van der Waals surface area contributed by atoms with E-state index in [-0.39, 0.29) is 11.9 Å². The van der Waals surface area contributed by atoms with Crippen LogP contribution >= 0.6 is 0 Å². The Balaban J connectivity index is 1.82. The van der Waals surface area contributed by atoms with Crippen molar-refractivity contribution in [3.8, 4) is 0 Å². The molecule has 1 unspecified atom stereocenters. The van der Waals surface area contributed by atoms with E-state index in [1.165, 1.54) is 31.6 Å². The highest BCUT2D eigenvalue weighted by Crippen LogP contribution is 2.31. The molecule has 1 atom stereocenters. The van der Waals surface area contributed by atoms with Gasteiger partial charge >= 0.3 is 0 Å². The van der Waals surface area contributed by atoms with E-state index < -0.39 is 0 Å². The van der Waals surface area contributed by atoms with Crippen molar-refractivity contribution in [2.75, 3.05) is 6.54 Å². The zero-order valence-corrected chi connectivity index (χ0v) is 8.39. The van der Waals surface area contributed by atoms with E-state index >= 15 is 0 Å². The Labute approximate surface area is 88.1 Å². The third-order valence-corrected chi connectivity index (χ3v) is 2.55. The van der Waals surface area contributed by atoms with Crippen molar-refractivity contribution in [2.24, 2.45) is 11.7 Å². The van der Waals surface area contributed by atoms with Crippen molar-refractivity contribution >= 4 is 5.91 Å². The summed E-state index contributed by atoms with van der Waals surface area (Å²) in [5.41, 5.74) is 6.33. The number of aromatic nitrogens is 2. The minimum Gasteiger partial charge on any atom is -0.350 e. The van der Waals surface area contributed by atoms with Crippen molar-refractivity contribution in [3.63, 3.8) is 0 Å². The van der Waals surface area contributed by atoms with Crippen molar-refractivity contribution < 1.29 is 4.79 Å². The SMILES string of the molecule is NC(CNC(=O)c1cncnc1)C1CC1. The van der Waals surface area contributed by atoms with Crippen LogP contribution in [0.5, 0.6) is 0 Å². The monoisotopic (exact) mass is 206 g/mol. The molecule has 0 aromatic carbocycles. The van der Waals surface area contributed by atoms with Gasteiger partial charge in [-0.05, 0) is 18.8 Å². The summed E-state index contributed by atoms with van der Waals surface area (Å²) in [7, 11) is 0. The molecule has 1 fully saturated rings. The molecular weight excluding hydrogens is 192 g/mol. The summed E-state index contributed by atoms with van der Waals surface area (Å²) in [5.74, 6) is 0.434. The van der Waals surface area contributed by atoms with Crippen molar-refractivity contribution in [1.29, 1.82) is 0 Å². The van der Waals surface area contributed by atoms with Gasteiger partial charge in [-0.2, -0.15) is 0 Å². The van der Waals surface area contributed by atoms with Gasteiger partial charge in [-0.3, -0.25) is 4.79 Å². The van der Waals surface area contributed by atoms with Crippen molar-refractivity contribution in [3.05, 3.63) is 24.3 Å². The lowest BCUT2D eigenvalue weighted by molar-refractivity contribution is 0.0949. The van der Waals surface area contributed by atoms with Gasteiger partial charge in [0.25, 0.3) is 5.91 Å². The summed E-state index contributed by atoms with van der Waals surface area (Å²) in [5, 5.41) is 2.78. The average molecular weight is 206 g/mol. The molecule has 0 radical (unpaired) electrons. The molecule has 0 bridgehead atoms. The molecule has 5 nitrogen and oxygen atoms in total. The summed E-state index contributed by atoms with van der Waals surface area (Å²) in [6, 6.07) is 0.0820. The van der Waals surface area contributed by atoms with E-state index in [2.05, 4.69) is 15.3 Å². The van der Waals surface area contributed by atoms with Crippen LogP contribution in [-0.2, 0) is 0 Å². The maximum atomic E-state index is 11.5. The molecule has 3 N–H and O–H groups in total. The molecule has 0 spiro atoms. The van der Waals surface area contributed by atoms with Crippen LogP contribution in [-0.4, -0.2) is 28.5 Å². The highest BCUT2D eigenvalue weighted by atomic mass is 16.1. The second-order valence-electron chi connectivity index (χ2n) is 3.84. The zero-order valence-electron chi connectivity index (χ0n) is 8.39. The minimum absolute atomic E-state index is 0.0820. The molecule has 1 aromatic rings. The standard InChI is InChI=1S/C10H14N4O/c11-9(7-1-2-7)5-14-10(15)8-3-12-6-13-4-8/h3-4,6-7,9H,1-2,5,11H2,(H,14,15). The van der Waals surface area contributed by atoms with Gasteiger partial charge in [-0.15, -0.1) is 0 Å². The first-order valence-electron chi connectivity index (χ1n) is 5.06. The van der Waals surface area contributed by atoms with Crippen LogP contribution < -0.4 is 11.1 Å². The van der Waals surface area contributed by atoms with E-state index in [0.29, 0.717) is 18.0 Å². The van der Waals surface area contributed by atoms with Crippen LogP contribution in [0.25, 0.3) is 0 Å². The molecule has 1 saturated carbocycles. The molecule has 5 heteroatoms. The molecule has 1 aliphatic rings. The normalized spacial score (nSPS) is 17.1. The number of nitrogens with zero attached hydrogens (tertiary/aromatic N) is 2. The molecule has 80 valence electrons. The quantitative estimate of drug-likeness (QED) is 0.723. The average Bonchev–Trinajstić information content (AvgIpc) is 3.10. The first kappa shape index (κ1) is 10.0. The molecule has 1 aromatic heterocycles. The Hall–Kier alpha value is -1.49. The molecule has 15 heavy (non-hydrogen) atoms. The lowest BCUT2D eigenvalue weighted by Gasteiger charge is -2.10. The van der Waals surface area contributed by atoms with Gasteiger partial charge in [-0.25, -0.2) is 9.97 Å². The Kier molecular flexibility index (Phi) is 2.91. The minimum atomic E-state index is -0.160. The van der Waals surface area contributed by atoms with E-state index in [1.54, 1.807) is 0 Å². The molecular formula is C10H14N4O. The predicted octanol–water partition coefficient (Wildman–Crippen LogP) is -0.0563. The fourth-order valence-electron chi connectivity index (χ4n) is 1.42. The second kappa shape index (κ2) is 4.35. The summed E-state index contributed by atoms with van der Waals surface area (Å²) in [6.07, 6.45) is 6.75. The van der Waals surface area contributed by atoms with Crippen LogP contribution in [0, 0.1) is 5.92 Å². The van der Waals surface area contributed by atoms with E-state index in [0.717, 1.165) is 0 Å². The first-order chi connectivity index (χ1) is 7.27. The smallest absolute Gasteiger partial charge is 0.254 e. The number of rotatable bonds is 4. The fraction of sp³-hybridized carbons (Fsp3) is 0.500. The topological polar surface area (TPSA) is 80.9 Å². The fourth-order valence-corrected chi connectivity index (χ4v) is 1.42. The van der Waals surface area contributed by atoms with Gasteiger partial charge in [0.1, 0.15) is 6.33 Å². The highest BCUT2D eigenvalue weighted by molar-refractivity contribution is 5.93. The number of carbonyl (C=O) groups is 1. The van der Waals surface area contributed by atoms with E-state index in [1.807, 2.05) is 0 Å². The van der Waals surface area contributed by atoms with Crippen LogP contribution in [0.15, 0.2) is 18.7 Å². The van der Waals surface area contributed by atoms with Gasteiger partial charge in [0.15, 0.2) is 0 Å². The van der Waals surface area contributed by atoms with Gasteiger partial charge in [-0.1, -0.05) is 0 Å². The number of amides is 1. The number of nitrogens with one attached hydrogen (secondary N) is 1. The molecule has 1 amide bonds. The maximum absolute atomic E-state index is 11.5. The molecule has 1 aliphatic carbocycles. The third-order valence-electron chi connectivity index (χ3n) is 2.55. The first-order valence-corrected chi connectivity index (χ1v) is 5.06. The van der Waals surface area contributed by atoms with E-state index in [4.69, 9.17) is 5.73 Å². The molecule has 1 heterocycles. The lowest BCUT2D eigenvalue weighted by Crippen LogP contribution is -2.38. The second-order valence-corrected chi connectivity index (χ2v) is 3.84. The number of nitrogens with two attached hydrogens (primary N) is 1. The summed E-state index contributed by atoms with van der Waals surface area (Å²) >= 11 is 0. The predicted molar refractivity (Wildman–Crippen MR) is 55.1 cm³/mol. The summed E-state index contributed by atoms with van der Waals surface area (Å²) in [4.78, 5) is 19.1. The van der Waals surface area contributed by atoms with Crippen LogP contribution in [0.2, 0.25) is 0 Å². The van der Waals surface area contributed by atoms with Crippen LogP contribution in [0.1, 0.15) is 23.2 Å². The molecule has 0 aliphatic heterocycles. The van der Waals surface area contributed by atoms with Gasteiger partial charge in [0.2, 0.25) is 0 Å². The van der Waals surface area contributed by atoms with Gasteiger partial charge in [0.05, 0.1) is 5.56 Å². The number of hydrogen-bond acceptors (Lipinski definition) is 4. The Bertz CT molecular complexity index is 337. The van der Waals surface area contributed by atoms with Crippen LogP contribution in [0.4, 0.5) is 0 Å². The zero-order chi connectivity index (χ0) is 10.7. The Morgan fingerprint density at radius 3 is 2.80 bits per heavy atom. The summed E-state index contributed by atoms with van der Waals surface area (Å²) < 4.78 is 0. The van der Waals surface area contributed by atoms with E-state index in [9.17, 15) is 4.79 Å². The molecule has 0 saturated heterocycles. The lowest BCUT2D eigenvalue weighted by atomic mass is 10.2. The number of hydrogen-bond donors (Lipinski definition) is 2. The Morgan fingerprint density at radius 1 is 1.53 bits per heavy atom. The largest absolute Gasteiger partial charge is 0.350 e. The third kappa shape index (κ3) is 2.73. The number of carbonyl (C=O) groups excluding carboxylic acids is 1. The van der Waals surface area contributed by atoms with Gasteiger partial charge in [0, 0.05) is 25.0 Å². The maximum Gasteiger partial charge on any atom is 0.254 e. The summed E-state index contributed by atoms with van der Waals surface area (Å²) in [6.45, 7) is 0.526. The molecule has 2 rings (SSSR count). The van der Waals surface area contributed by atoms with Crippen LogP contribution in [0.3, 0.4) is 0 Å². The van der Waals surface area contributed by atoms with Crippen molar-refractivity contribution in [2.45, 2.75) is 18.9 Å². The van der Waals surface area contributed by atoms with Gasteiger partial charge < -0.3 is 11.1 Å². The van der Waals surface area contributed by atoms with Crippen molar-refractivity contribution in [1.82, 2.24) is 15.3 Å². The highest BCUT2D eigenvalue weighted by Gasteiger charge is 2.28. The Morgan fingerprint density at radius 2 is 2.20 bits per heavy atom.